The van der Waals surface area contributed by atoms with Gasteiger partial charge in [-0.1, -0.05) is 12.1 Å². The van der Waals surface area contributed by atoms with E-state index in [-0.39, 0.29) is 10.8 Å². The SMILES string of the molecule is CN(C)c1ccccc1NS(=O)(=O)c1cc(CO)cs1. The molecule has 0 fully saturated rings. The fraction of sp³-hybridized carbons (Fsp3) is 0.231. The predicted octanol–water partition coefficient (Wildman–Crippen LogP) is 2.11. The van der Waals surface area contributed by atoms with Gasteiger partial charge in [0, 0.05) is 14.1 Å². The lowest BCUT2D eigenvalue weighted by Gasteiger charge is -2.17. The average Bonchev–Trinajstić information content (AvgIpc) is 2.88. The Morgan fingerprint density at radius 3 is 2.60 bits per heavy atom. The first-order valence-corrected chi connectivity index (χ1v) is 8.28. The van der Waals surface area contributed by atoms with Crippen LogP contribution in [0.5, 0.6) is 0 Å². The van der Waals surface area contributed by atoms with E-state index >= 15 is 0 Å². The molecule has 0 aliphatic heterocycles. The van der Waals surface area contributed by atoms with Gasteiger partial charge in [-0.05, 0) is 29.1 Å². The molecular weight excluding hydrogens is 296 g/mol. The van der Waals surface area contributed by atoms with E-state index in [0.29, 0.717) is 11.3 Å². The standard InChI is InChI=1S/C13H16N2O3S2/c1-15(2)12-6-4-3-5-11(12)14-20(17,18)13-7-10(8-16)9-19-13/h3-7,9,14,16H,8H2,1-2H3. The van der Waals surface area contributed by atoms with Crippen molar-refractivity contribution in [3.05, 3.63) is 41.3 Å². The van der Waals surface area contributed by atoms with E-state index in [0.717, 1.165) is 17.0 Å². The Bertz CT molecular complexity index is 693. The number of para-hydroxylation sites is 2. The van der Waals surface area contributed by atoms with Gasteiger partial charge in [-0.25, -0.2) is 8.42 Å². The Morgan fingerprint density at radius 1 is 1.30 bits per heavy atom. The van der Waals surface area contributed by atoms with Gasteiger partial charge in [-0.15, -0.1) is 11.3 Å². The number of nitrogens with zero attached hydrogens (tertiary/aromatic N) is 1. The first-order chi connectivity index (χ1) is 9.44. The van der Waals surface area contributed by atoms with E-state index in [9.17, 15) is 8.42 Å². The normalized spacial score (nSPS) is 11.3. The van der Waals surface area contributed by atoms with Gasteiger partial charge in [0.15, 0.2) is 0 Å². The summed E-state index contributed by atoms with van der Waals surface area (Å²) in [4.78, 5) is 1.84. The number of benzene rings is 1. The second-order valence-corrected chi connectivity index (χ2v) is 7.27. The highest BCUT2D eigenvalue weighted by Gasteiger charge is 2.18. The molecule has 0 saturated heterocycles. The molecule has 1 aromatic carbocycles. The summed E-state index contributed by atoms with van der Waals surface area (Å²) in [5.74, 6) is 0. The van der Waals surface area contributed by atoms with Crippen LogP contribution in [0.25, 0.3) is 0 Å². The smallest absolute Gasteiger partial charge is 0.271 e. The van der Waals surface area contributed by atoms with Crippen molar-refractivity contribution in [2.75, 3.05) is 23.7 Å². The zero-order chi connectivity index (χ0) is 14.8. The summed E-state index contributed by atoms with van der Waals surface area (Å²) in [5, 5.41) is 10.6. The summed E-state index contributed by atoms with van der Waals surface area (Å²) < 4.78 is 27.4. The fourth-order valence-corrected chi connectivity index (χ4v) is 4.00. The monoisotopic (exact) mass is 312 g/mol. The molecule has 0 spiro atoms. The molecule has 0 aliphatic carbocycles. The van der Waals surface area contributed by atoms with Crippen LogP contribution in [-0.2, 0) is 16.6 Å². The molecule has 0 aliphatic rings. The van der Waals surface area contributed by atoms with Crippen molar-refractivity contribution in [1.82, 2.24) is 0 Å². The fourth-order valence-electron chi connectivity index (χ4n) is 1.72. The average molecular weight is 312 g/mol. The lowest BCUT2D eigenvalue weighted by atomic mass is 10.2. The van der Waals surface area contributed by atoms with E-state index in [1.807, 2.05) is 31.1 Å². The molecule has 0 saturated carbocycles. The molecule has 2 aromatic rings. The van der Waals surface area contributed by atoms with Crippen molar-refractivity contribution >= 4 is 32.7 Å². The van der Waals surface area contributed by atoms with Crippen molar-refractivity contribution in [1.29, 1.82) is 0 Å². The number of nitrogens with one attached hydrogen (secondary N) is 1. The third-order valence-corrected chi connectivity index (χ3v) is 5.56. The van der Waals surface area contributed by atoms with Crippen molar-refractivity contribution in [2.24, 2.45) is 0 Å². The van der Waals surface area contributed by atoms with Crippen LogP contribution < -0.4 is 9.62 Å². The number of aliphatic hydroxyl groups is 1. The van der Waals surface area contributed by atoms with E-state index in [2.05, 4.69) is 4.72 Å². The number of sulfonamides is 1. The van der Waals surface area contributed by atoms with E-state index in [1.165, 1.54) is 6.07 Å². The largest absolute Gasteiger partial charge is 0.392 e. The summed E-state index contributed by atoms with van der Waals surface area (Å²) in [5.41, 5.74) is 1.91. The minimum Gasteiger partial charge on any atom is -0.392 e. The molecular formula is C13H16N2O3S2. The quantitative estimate of drug-likeness (QED) is 0.887. The van der Waals surface area contributed by atoms with Crippen LogP contribution in [0.3, 0.4) is 0 Å². The van der Waals surface area contributed by atoms with Crippen LogP contribution in [0.2, 0.25) is 0 Å². The molecule has 0 atom stereocenters. The number of aliphatic hydroxyl groups excluding tert-OH is 1. The zero-order valence-electron chi connectivity index (χ0n) is 11.2. The van der Waals surface area contributed by atoms with Crippen LogP contribution in [0.15, 0.2) is 39.9 Å². The van der Waals surface area contributed by atoms with Gasteiger partial charge in [0.2, 0.25) is 0 Å². The highest BCUT2D eigenvalue weighted by molar-refractivity contribution is 7.94. The van der Waals surface area contributed by atoms with Crippen molar-refractivity contribution in [2.45, 2.75) is 10.8 Å². The molecule has 7 heteroatoms. The number of hydrogen-bond acceptors (Lipinski definition) is 5. The molecule has 20 heavy (non-hydrogen) atoms. The predicted molar refractivity (Wildman–Crippen MR) is 81.8 cm³/mol. The maximum atomic E-state index is 12.3. The molecule has 5 nitrogen and oxygen atoms in total. The number of rotatable bonds is 5. The number of hydrogen-bond donors (Lipinski definition) is 2. The van der Waals surface area contributed by atoms with Gasteiger partial charge in [0.25, 0.3) is 10.0 Å². The van der Waals surface area contributed by atoms with Crippen LogP contribution in [0, 0.1) is 0 Å². The summed E-state index contributed by atoms with van der Waals surface area (Å²) >= 11 is 1.09. The number of thiophene rings is 1. The topological polar surface area (TPSA) is 69.6 Å². The molecule has 0 amide bonds. The van der Waals surface area contributed by atoms with Gasteiger partial charge in [-0.2, -0.15) is 0 Å². The summed E-state index contributed by atoms with van der Waals surface area (Å²) in [6.07, 6.45) is 0. The summed E-state index contributed by atoms with van der Waals surface area (Å²) in [6.45, 7) is -0.166. The van der Waals surface area contributed by atoms with Crippen LogP contribution >= 0.6 is 11.3 Å². The van der Waals surface area contributed by atoms with Gasteiger partial charge in [0.1, 0.15) is 4.21 Å². The highest BCUT2D eigenvalue weighted by Crippen LogP contribution is 2.28. The Labute approximate surface area is 122 Å². The molecule has 2 N–H and O–H groups in total. The second-order valence-electron chi connectivity index (χ2n) is 4.45. The summed E-state index contributed by atoms with van der Waals surface area (Å²) in [6, 6.07) is 8.66. The molecule has 2 rings (SSSR count). The lowest BCUT2D eigenvalue weighted by molar-refractivity contribution is 0.282. The highest BCUT2D eigenvalue weighted by atomic mass is 32.2. The van der Waals surface area contributed by atoms with Gasteiger partial charge in [0.05, 0.1) is 18.0 Å². The van der Waals surface area contributed by atoms with E-state index in [1.54, 1.807) is 17.5 Å². The molecule has 1 heterocycles. The lowest BCUT2D eigenvalue weighted by Crippen LogP contribution is -2.16. The molecule has 0 radical (unpaired) electrons. The van der Waals surface area contributed by atoms with Crippen molar-refractivity contribution in [3.8, 4) is 0 Å². The van der Waals surface area contributed by atoms with Crippen molar-refractivity contribution < 1.29 is 13.5 Å². The Balaban J connectivity index is 2.33. The molecule has 0 unspecified atom stereocenters. The van der Waals surface area contributed by atoms with Crippen LogP contribution in [-0.4, -0.2) is 27.6 Å². The maximum absolute atomic E-state index is 12.3. The zero-order valence-corrected chi connectivity index (χ0v) is 12.8. The van der Waals surface area contributed by atoms with Gasteiger partial charge >= 0.3 is 0 Å². The Hall–Kier alpha value is -1.57. The van der Waals surface area contributed by atoms with Gasteiger partial charge < -0.3 is 10.0 Å². The number of anilines is 2. The first kappa shape index (κ1) is 14.8. The van der Waals surface area contributed by atoms with Gasteiger partial charge in [-0.3, -0.25) is 4.72 Å². The third-order valence-electron chi connectivity index (χ3n) is 2.71. The molecule has 108 valence electrons. The Kier molecular flexibility index (Phi) is 4.32. The Morgan fingerprint density at radius 2 is 2.00 bits per heavy atom. The first-order valence-electron chi connectivity index (χ1n) is 5.91. The third kappa shape index (κ3) is 3.12. The van der Waals surface area contributed by atoms with Crippen LogP contribution in [0.1, 0.15) is 5.56 Å². The molecule has 0 bridgehead atoms. The maximum Gasteiger partial charge on any atom is 0.271 e. The van der Waals surface area contributed by atoms with Crippen LogP contribution in [0.4, 0.5) is 11.4 Å². The van der Waals surface area contributed by atoms with Crippen molar-refractivity contribution in [3.63, 3.8) is 0 Å². The molecule has 1 aromatic heterocycles. The van der Waals surface area contributed by atoms with E-state index < -0.39 is 10.0 Å². The minimum atomic E-state index is -3.63. The summed E-state index contributed by atoms with van der Waals surface area (Å²) in [7, 11) is 0.0708. The second kappa shape index (κ2) is 5.82. The van der Waals surface area contributed by atoms with E-state index in [4.69, 9.17) is 5.11 Å². The minimum absolute atomic E-state index is 0.166.